The molecule has 0 aliphatic rings. The summed E-state index contributed by atoms with van der Waals surface area (Å²) in [7, 11) is 1.65. The maximum atomic E-state index is 8.85. The summed E-state index contributed by atoms with van der Waals surface area (Å²) >= 11 is 0. The fourth-order valence-electron chi connectivity index (χ4n) is 3.55. The number of rotatable bonds is 8. The maximum Gasteiger partial charge on any atom is 0.150 e. The second-order valence-electron chi connectivity index (χ2n) is 6.99. The van der Waals surface area contributed by atoms with Crippen LogP contribution in [-0.4, -0.2) is 46.4 Å². The van der Waals surface area contributed by atoms with E-state index in [2.05, 4.69) is 39.6 Å². The van der Waals surface area contributed by atoms with Crippen molar-refractivity contribution in [1.82, 2.24) is 19.9 Å². The molecule has 0 aliphatic heterocycles. The Hall–Kier alpha value is -3.42. The second-order valence-corrected chi connectivity index (χ2v) is 6.99. The van der Waals surface area contributed by atoms with Gasteiger partial charge in [0, 0.05) is 24.0 Å². The first-order valence-corrected chi connectivity index (χ1v) is 9.88. The minimum absolute atomic E-state index is 0.153. The molecule has 2 heterocycles. The Kier molecular flexibility index (Phi) is 5.92. The SMILES string of the molecule is COc1cccc(-c2cn(-c3ccc(CCNCCO)cc3)c3ncnc(N)c23)c1. The molecule has 7 heteroatoms. The van der Waals surface area contributed by atoms with E-state index < -0.39 is 0 Å². The lowest BCUT2D eigenvalue weighted by Gasteiger charge is -2.07. The highest BCUT2D eigenvalue weighted by molar-refractivity contribution is 6.01. The average molecular weight is 403 g/mol. The Morgan fingerprint density at radius 3 is 2.70 bits per heavy atom. The van der Waals surface area contributed by atoms with E-state index in [1.165, 1.54) is 11.9 Å². The number of fused-ring (bicyclic) bond motifs is 1. The van der Waals surface area contributed by atoms with Crippen LogP contribution in [-0.2, 0) is 6.42 Å². The maximum absolute atomic E-state index is 8.85. The molecule has 2 aromatic heterocycles. The molecular formula is C23H25N5O2. The van der Waals surface area contributed by atoms with Crippen LogP contribution in [0, 0.1) is 0 Å². The summed E-state index contributed by atoms with van der Waals surface area (Å²) in [4.78, 5) is 8.71. The summed E-state index contributed by atoms with van der Waals surface area (Å²) in [6.45, 7) is 1.60. The second kappa shape index (κ2) is 8.94. The van der Waals surface area contributed by atoms with Gasteiger partial charge in [0.2, 0.25) is 0 Å². The molecule has 0 saturated carbocycles. The van der Waals surface area contributed by atoms with Crippen LogP contribution >= 0.6 is 0 Å². The molecule has 0 radical (unpaired) electrons. The van der Waals surface area contributed by atoms with Gasteiger partial charge in [-0.25, -0.2) is 9.97 Å². The molecule has 154 valence electrons. The highest BCUT2D eigenvalue weighted by Crippen LogP contribution is 2.35. The number of aromatic nitrogens is 3. The summed E-state index contributed by atoms with van der Waals surface area (Å²) in [5.74, 6) is 1.23. The number of nitrogens with two attached hydrogens (primary N) is 1. The normalized spacial score (nSPS) is 11.1. The van der Waals surface area contributed by atoms with Crippen LogP contribution < -0.4 is 15.8 Å². The average Bonchev–Trinajstić information content (AvgIpc) is 3.18. The molecule has 4 aromatic rings. The van der Waals surface area contributed by atoms with Crippen molar-refractivity contribution < 1.29 is 9.84 Å². The predicted molar refractivity (Wildman–Crippen MR) is 119 cm³/mol. The number of nitrogens with one attached hydrogen (secondary N) is 1. The molecule has 0 fully saturated rings. The van der Waals surface area contributed by atoms with Crippen molar-refractivity contribution in [3.05, 3.63) is 66.6 Å². The van der Waals surface area contributed by atoms with E-state index in [1.807, 2.05) is 35.0 Å². The Morgan fingerprint density at radius 1 is 1.10 bits per heavy atom. The molecule has 0 saturated heterocycles. The molecule has 4 rings (SSSR count). The largest absolute Gasteiger partial charge is 0.497 e. The van der Waals surface area contributed by atoms with E-state index in [-0.39, 0.29) is 6.61 Å². The topological polar surface area (TPSA) is 98.2 Å². The van der Waals surface area contributed by atoms with Crippen LogP contribution in [0.3, 0.4) is 0 Å². The van der Waals surface area contributed by atoms with E-state index in [0.29, 0.717) is 12.4 Å². The van der Waals surface area contributed by atoms with Gasteiger partial charge in [0.05, 0.1) is 19.1 Å². The zero-order chi connectivity index (χ0) is 20.9. The Bertz CT molecular complexity index is 1140. The van der Waals surface area contributed by atoms with Gasteiger partial charge in [0.15, 0.2) is 5.65 Å². The third-order valence-electron chi connectivity index (χ3n) is 5.09. The number of ether oxygens (including phenoxy) is 1. The number of hydrogen-bond acceptors (Lipinski definition) is 6. The van der Waals surface area contributed by atoms with Gasteiger partial charge >= 0.3 is 0 Å². The number of methoxy groups -OCH3 is 1. The van der Waals surface area contributed by atoms with Crippen LogP contribution in [0.2, 0.25) is 0 Å². The third-order valence-corrected chi connectivity index (χ3v) is 5.09. The lowest BCUT2D eigenvalue weighted by Crippen LogP contribution is -2.20. The van der Waals surface area contributed by atoms with E-state index in [4.69, 9.17) is 15.6 Å². The standard InChI is InChI=1S/C23H25N5O2/c1-30-19-4-2-3-17(13-19)20-14-28(23-21(20)22(24)26-15-27-23)18-7-5-16(6-8-18)9-10-25-11-12-29/h2-8,13-15,25,29H,9-12H2,1H3,(H2,24,26,27). The third kappa shape index (κ3) is 3.98. The highest BCUT2D eigenvalue weighted by Gasteiger charge is 2.16. The molecule has 0 atom stereocenters. The lowest BCUT2D eigenvalue weighted by molar-refractivity contribution is 0.293. The molecule has 7 nitrogen and oxygen atoms in total. The first kappa shape index (κ1) is 19.9. The number of hydrogen-bond donors (Lipinski definition) is 3. The Labute approximate surface area is 175 Å². The number of nitrogen functional groups attached to an aromatic ring is 1. The molecule has 0 bridgehead atoms. The quantitative estimate of drug-likeness (QED) is 0.391. The fraction of sp³-hybridized carbons (Fsp3) is 0.217. The first-order valence-electron chi connectivity index (χ1n) is 9.88. The smallest absolute Gasteiger partial charge is 0.150 e. The minimum Gasteiger partial charge on any atom is -0.497 e. The van der Waals surface area contributed by atoms with Crippen molar-refractivity contribution in [2.24, 2.45) is 0 Å². The zero-order valence-electron chi connectivity index (χ0n) is 16.9. The van der Waals surface area contributed by atoms with Gasteiger partial charge in [-0.05, 0) is 48.4 Å². The van der Waals surface area contributed by atoms with Crippen LogP contribution in [0.25, 0.3) is 27.8 Å². The summed E-state index contributed by atoms with van der Waals surface area (Å²) < 4.78 is 7.42. The van der Waals surface area contributed by atoms with Crippen LogP contribution in [0.1, 0.15) is 5.56 Å². The fourth-order valence-corrected chi connectivity index (χ4v) is 3.55. The summed E-state index contributed by atoms with van der Waals surface area (Å²) in [5.41, 5.74) is 11.2. The molecule has 30 heavy (non-hydrogen) atoms. The molecule has 0 amide bonds. The van der Waals surface area contributed by atoms with Crippen molar-refractivity contribution in [3.63, 3.8) is 0 Å². The van der Waals surface area contributed by atoms with Crippen molar-refractivity contribution in [2.75, 3.05) is 32.5 Å². The Morgan fingerprint density at radius 2 is 1.93 bits per heavy atom. The zero-order valence-corrected chi connectivity index (χ0v) is 16.9. The van der Waals surface area contributed by atoms with E-state index in [0.717, 1.165) is 46.6 Å². The first-order chi connectivity index (χ1) is 14.7. The van der Waals surface area contributed by atoms with E-state index in [1.54, 1.807) is 7.11 Å². The number of aliphatic hydroxyl groups is 1. The number of aliphatic hydroxyl groups excluding tert-OH is 1. The number of benzene rings is 2. The monoisotopic (exact) mass is 403 g/mol. The Balaban J connectivity index is 1.72. The number of nitrogens with zero attached hydrogens (tertiary/aromatic N) is 3. The molecular weight excluding hydrogens is 378 g/mol. The molecule has 0 aliphatic carbocycles. The van der Waals surface area contributed by atoms with Crippen LogP contribution in [0.15, 0.2) is 61.1 Å². The van der Waals surface area contributed by atoms with Gasteiger partial charge in [-0.2, -0.15) is 0 Å². The van der Waals surface area contributed by atoms with Crippen molar-refractivity contribution in [2.45, 2.75) is 6.42 Å². The molecule has 2 aromatic carbocycles. The highest BCUT2D eigenvalue weighted by atomic mass is 16.5. The molecule has 0 unspecified atom stereocenters. The van der Waals surface area contributed by atoms with Gasteiger partial charge in [0.1, 0.15) is 17.9 Å². The van der Waals surface area contributed by atoms with Gasteiger partial charge < -0.3 is 25.5 Å². The number of anilines is 1. The van der Waals surface area contributed by atoms with Gasteiger partial charge in [-0.15, -0.1) is 0 Å². The summed E-state index contributed by atoms with van der Waals surface area (Å²) in [6, 6.07) is 16.2. The minimum atomic E-state index is 0.153. The van der Waals surface area contributed by atoms with E-state index in [9.17, 15) is 0 Å². The summed E-state index contributed by atoms with van der Waals surface area (Å²) in [5, 5.41) is 12.9. The van der Waals surface area contributed by atoms with Gasteiger partial charge in [-0.1, -0.05) is 24.3 Å². The van der Waals surface area contributed by atoms with Gasteiger partial charge in [-0.3, -0.25) is 0 Å². The molecule has 0 spiro atoms. The van der Waals surface area contributed by atoms with E-state index >= 15 is 0 Å². The van der Waals surface area contributed by atoms with Crippen molar-refractivity contribution in [1.29, 1.82) is 0 Å². The van der Waals surface area contributed by atoms with Crippen LogP contribution in [0.5, 0.6) is 5.75 Å². The molecule has 4 N–H and O–H groups in total. The lowest BCUT2D eigenvalue weighted by atomic mass is 10.1. The van der Waals surface area contributed by atoms with Crippen molar-refractivity contribution >= 4 is 16.9 Å². The summed E-state index contributed by atoms with van der Waals surface area (Å²) in [6.07, 6.45) is 4.43. The van der Waals surface area contributed by atoms with Gasteiger partial charge in [0.25, 0.3) is 0 Å². The van der Waals surface area contributed by atoms with Crippen molar-refractivity contribution in [3.8, 4) is 22.6 Å². The van der Waals surface area contributed by atoms with Crippen LogP contribution in [0.4, 0.5) is 5.82 Å². The predicted octanol–water partition coefficient (Wildman–Crippen LogP) is 2.80.